The van der Waals surface area contributed by atoms with Gasteiger partial charge in [-0.25, -0.2) is 0 Å². The van der Waals surface area contributed by atoms with Crippen LogP contribution in [0.5, 0.6) is 5.75 Å². The third kappa shape index (κ3) is 2.70. The van der Waals surface area contributed by atoms with E-state index in [9.17, 15) is 0 Å². The fourth-order valence-corrected chi connectivity index (χ4v) is 1.77. The first-order valence-corrected chi connectivity index (χ1v) is 5.44. The van der Waals surface area contributed by atoms with Crippen molar-refractivity contribution in [3.63, 3.8) is 0 Å². The lowest BCUT2D eigenvalue weighted by Gasteiger charge is -2.24. The quantitative estimate of drug-likeness (QED) is 0.819. The molecule has 0 aromatic heterocycles. The smallest absolute Gasteiger partial charge is 0.119 e. The summed E-state index contributed by atoms with van der Waals surface area (Å²) < 4.78 is 10.9. The van der Waals surface area contributed by atoms with Crippen LogP contribution in [0.15, 0.2) is 24.3 Å². The normalized spacial score (nSPS) is 21.3. The molecular formula is C12H17NO2. The molecule has 15 heavy (non-hydrogen) atoms. The Morgan fingerprint density at radius 2 is 2.47 bits per heavy atom. The first-order chi connectivity index (χ1) is 7.40. The maximum atomic E-state index is 5.47. The summed E-state index contributed by atoms with van der Waals surface area (Å²) in [5.41, 5.74) is 1.24. The third-order valence-corrected chi connectivity index (χ3v) is 2.49. The molecule has 0 spiro atoms. The Morgan fingerprint density at radius 3 is 3.20 bits per heavy atom. The Morgan fingerprint density at radius 1 is 1.53 bits per heavy atom. The van der Waals surface area contributed by atoms with Gasteiger partial charge >= 0.3 is 0 Å². The van der Waals surface area contributed by atoms with Gasteiger partial charge < -0.3 is 14.8 Å². The van der Waals surface area contributed by atoms with Gasteiger partial charge in [-0.3, -0.25) is 0 Å². The fraction of sp³-hybridized carbons (Fsp3) is 0.500. The van der Waals surface area contributed by atoms with Gasteiger partial charge in [-0.05, 0) is 24.6 Å². The maximum Gasteiger partial charge on any atom is 0.119 e. The summed E-state index contributed by atoms with van der Waals surface area (Å²) in [7, 11) is 0. The highest BCUT2D eigenvalue weighted by atomic mass is 16.5. The summed E-state index contributed by atoms with van der Waals surface area (Å²) in [5, 5.41) is 3.42. The Bertz CT molecular complexity index is 308. The molecule has 0 bridgehead atoms. The zero-order valence-corrected chi connectivity index (χ0v) is 9.03. The minimum atomic E-state index is 0.305. The first kappa shape index (κ1) is 10.5. The third-order valence-electron chi connectivity index (χ3n) is 2.49. The van der Waals surface area contributed by atoms with Crippen LogP contribution in [-0.4, -0.2) is 26.4 Å². The number of hydrogen-bond acceptors (Lipinski definition) is 3. The minimum Gasteiger partial charge on any atom is -0.494 e. The SMILES string of the molecule is CCOc1cccc([C@@H]2COCCN2)c1. The van der Waals surface area contributed by atoms with Gasteiger partial charge in [0, 0.05) is 6.54 Å². The second-order valence-electron chi connectivity index (χ2n) is 3.59. The van der Waals surface area contributed by atoms with Gasteiger partial charge in [0.2, 0.25) is 0 Å². The monoisotopic (exact) mass is 207 g/mol. The predicted octanol–water partition coefficient (Wildman–Crippen LogP) is 1.75. The summed E-state index contributed by atoms with van der Waals surface area (Å²) in [6.45, 7) is 5.17. The Balaban J connectivity index is 2.09. The van der Waals surface area contributed by atoms with Gasteiger partial charge in [0.1, 0.15) is 5.75 Å². The molecule has 1 fully saturated rings. The second kappa shape index (κ2) is 5.14. The molecule has 3 heteroatoms. The van der Waals surface area contributed by atoms with Crippen molar-refractivity contribution in [1.29, 1.82) is 0 Å². The molecule has 0 amide bonds. The molecule has 0 saturated carbocycles. The van der Waals surface area contributed by atoms with Gasteiger partial charge in [-0.2, -0.15) is 0 Å². The van der Waals surface area contributed by atoms with Gasteiger partial charge in [0.05, 0.1) is 25.9 Å². The van der Waals surface area contributed by atoms with Crippen molar-refractivity contribution < 1.29 is 9.47 Å². The summed E-state index contributed by atoms with van der Waals surface area (Å²) >= 11 is 0. The maximum absolute atomic E-state index is 5.47. The standard InChI is InChI=1S/C12H17NO2/c1-2-15-11-5-3-4-10(8-11)12-9-14-7-6-13-12/h3-5,8,12-13H,2,6-7,9H2,1H3/t12-/m0/s1. The zero-order valence-electron chi connectivity index (χ0n) is 9.03. The van der Waals surface area contributed by atoms with Crippen molar-refractivity contribution in [2.24, 2.45) is 0 Å². The topological polar surface area (TPSA) is 30.5 Å². The van der Waals surface area contributed by atoms with E-state index in [0.29, 0.717) is 12.6 Å². The highest BCUT2D eigenvalue weighted by Gasteiger charge is 2.15. The number of ether oxygens (including phenoxy) is 2. The van der Waals surface area contributed by atoms with Crippen molar-refractivity contribution in [1.82, 2.24) is 5.32 Å². The molecule has 0 aliphatic carbocycles. The molecule has 1 aromatic carbocycles. The average molecular weight is 207 g/mol. The summed E-state index contributed by atoms with van der Waals surface area (Å²) in [6, 6.07) is 8.50. The van der Waals surface area contributed by atoms with Crippen LogP contribution < -0.4 is 10.1 Å². The van der Waals surface area contributed by atoms with Crippen molar-refractivity contribution in [2.45, 2.75) is 13.0 Å². The van der Waals surface area contributed by atoms with E-state index in [0.717, 1.165) is 25.5 Å². The highest BCUT2D eigenvalue weighted by molar-refractivity contribution is 5.30. The molecule has 1 aliphatic rings. The van der Waals surface area contributed by atoms with Gasteiger partial charge in [-0.15, -0.1) is 0 Å². The van der Waals surface area contributed by atoms with Crippen LogP contribution in [0.3, 0.4) is 0 Å². The predicted molar refractivity (Wildman–Crippen MR) is 59.2 cm³/mol. The largest absolute Gasteiger partial charge is 0.494 e. The Labute approximate surface area is 90.4 Å². The van der Waals surface area contributed by atoms with E-state index in [1.165, 1.54) is 5.56 Å². The molecule has 0 unspecified atom stereocenters. The van der Waals surface area contributed by atoms with E-state index in [-0.39, 0.29) is 0 Å². The fourth-order valence-electron chi connectivity index (χ4n) is 1.77. The number of nitrogens with one attached hydrogen (secondary N) is 1. The van der Waals surface area contributed by atoms with Crippen LogP contribution in [0.4, 0.5) is 0 Å². The Kier molecular flexibility index (Phi) is 3.59. The molecule has 0 radical (unpaired) electrons. The molecule has 1 saturated heterocycles. The molecule has 3 nitrogen and oxygen atoms in total. The lowest BCUT2D eigenvalue weighted by atomic mass is 10.1. The van der Waals surface area contributed by atoms with Crippen LogP contribution >= 0.6 is 0 Å². The molecule has 1 N–H and O–H groups in total. The summed E-state index contributed by atoms with van der Waals surface area (Å²) in [5.74, 6) is 0.933. The van der Waals surface area contributed by atoms with Crippen molar-refractivity contribution in [3.05, 3.63) is 29.8 Å². The molecule has 1 atom stereocenters. The number of morpholine rings is 1. The van der Waals surface area contributed by atoms with Gasteiger partial charge in [0.15, 0.2) is 0 Å². The lowest BCUT2D eigenvalue weighted by Crippen LogP contribution is -2.34. The van der Waals surface area contributed by atoms with E-state index in [4.69, 9.17) is 9.47 Å². The van der Waals surface area contributed by atoms with E-state index in [1.807, 2.05) is 19.1 Å². The number of rotatable bonds is 3. The molecule has 1 aliphatic heterocycles. The minimum absolute atomic E-state index is 0.305. The highest BCUT2D eigenvalue weighted by Crippen LogP contribution is 2.20. The molecule has 1 heterocycles. The summed E-state index contributed by atoms with van der Waals surface area (Å²) in [4.78, 5) is 0. The second-order valence-corrected chi connectivity index (χ2v) is 3.59. The van der Waals surface area contributed by atoms with E-state index in [1.54, 1.807) is 0 Å². The van der Waals surface area contributed by atoms with Gasteiger partial charge in [0.25, 0.3) is 0 Å². The van der Waals surface area contributed by atoms with Crippen LogP contribution in [0.1, 0.15) is 18.5 Å². The molecule has 82 valence electrons. The summed E-state index contributed by atoms with van der Waals surface area (Å²) in [6.07, 6.45) is 0. The average Bonchev–Trinajstić information content (AvgIpc) is 2.31. The van der Waals surface area contributed by atoms with E-state index in [2.05, 4.69) is 17.4 Å². The van der Waals surface area contributed by atoms with Crippen LogP contribution in [0.25, 0.3) is 0 Å². The zero-order chi connectivity index (χ0) is 10.5. The van der Waals surface area contributed by atoms with Crippen LogP contribution in [0.2, 0.25) is 0 Å². The number of hydrogen-bond donors (Lipinski definition) is 1. The van der Waals surface area contributed by atoms with Crippen molar-refractivity contribution in [2.75, 3.05) is 26.4 Å². The van der Waals surface area contributed by atoms with E-state index >= 15 is 0 Å². The molecule has 1 aromatic rings. The number of benzene rings is 1. The van der Waals surface area contributed by atoms with Gasteiger partial charge in [-0.1, -0.05) is 12.1 Å². The van der Waals surface area contributed by atoms with Crippen LogP contribution in [0, 0.1) is 0 Å². The van der Waals surface area contributed by atoms with Crippen LogP contribution in [-0.2, 0) is 4.74 Å². The molecular weight excluding hydrogens is 190 g/mol. The van der Waals surface area contributed by atoms with E-state index < -0.39 is 0 Å². The van der Waals surface area contributed by atoms with Crippen molar-refractivity contribution in [3.8, 4) is 5.75 Å². The lowest BCUT2D eigenvalue weighted by molar-refractivity contribution is 0.0768. The van der Waals surface area contributed by atoms with Crippen molar-refractivity contribution >= 4 is 0 Å². The Hall–Kier alpha value is -1.06. The molecule has 2 rings (SSSR count). The first-order valence-electron chi connectivity index (χ1n) is 5.44.